The van der Waals surface area contributed by atoms with Crippen molar-refractivity contribution in [1.29, 1.82) is 0 Å². The van der Waals surface area contributed by atoms with E-state index in [0.717, 1.165) is 74.1 Å². The van der Waals surface area contributed by atoms with E-state index >= 15 is 0 Å². The van der Waals surface area contributed by atoms with Crippen molar-refractivity contribution in [2.75, 3.05) is 38.3 Å². The molecule has 2 saturated carbocycles. The van der Waals surface area contributed by atoms with Gasteiger partial charge in [0.2, 0.25) is 5.88 Å². The molecule has 1 aromatic heterocycles. The number of rotatable bonds is 11. The van der Waals surface area contributed by atoms with Crippen molar-refractivity contribution in [3.8, 4) is 11.6 Å². The Kier molecular flexibility index (Phi) is 9.45. The van der Waals surface area contributed by atoms with Crippen molar-refractivity contribution in [2.24, 2.45) is 17.3 Å². The average molecular weight is 562 g/mol. The highest BCUT2D eigenvalue weighted by molar-refractivity contribution is 6.00. The number of nitrogens with zero attached hydrogens (tertiary/aromatic N) is 3. The van der Waals surface area contributed by atoms with Crippen molar-refractivity contribution in [1.82, 2.24) is 9.88 Å². The summed E-state index contributed by atoms with van der Waals surface area (Å²) in [7, 11) is 1.70. The average Bonchev–Trinajstić information content (AvgIpc) is 3.66. The number of aromatic nitrogens is 1. The molecule has 1 atom stereocenters. The van der Waals surface area contributed by atoms with Crippen LogP contribution in [0.2, 0.25) is 0 Å². The van der Waals surface area contributed by atoms with Crippen LogP contribution in [0.1, 0.15) is 107 Å². The summed E-state index contributed by atoms with van der Waals surface area (Å²) in [5, 5.41) is 0. The molecule has 1 aliphatic heterocycles. The Morgan fingerprint density at radius 2 is 1.78 bits per heavy atom. The summed E-state index contributed by atoms with van der Waals surface area (Å²) in [6, 6.07) is 10.7. The number of benzene rings is 1. The van der Waals surface area contributed by atoms with Gasteiger partial charge in [0.25, 0.3) is 5.91 Å². The quantitative estimate of drug-likeness (QED) is 0.281. The van der Waals surface area contributed by atoms with Gasteiger partial charge < -0.3 is 19.3 Å². The van der Waals surface area contributed by atoms with Gasteiger partial charge in [0, 0.05) is 44.0 Å². The van der Waals surface area contributed by atoms with E-state index in [1.807, 2.05) is 18.3 Å². The number of carbonyl (C=O) groups excluding carboxylic acids is 1. The molecule has 1 unspecified atom stereocenters. The lowest BCUT2D eigenvalue weighted by molar-refractivity contribution is 0.0602. The summed E-state index contributed by atoms with van der Waals surface area (Å²) in [6.07, 6.45) is 12.5. The van der Waals surface area contributed by atoms with Gasteiger partial charge in [-0.3, -0.25) is 4.79 Å². The van der Waals surface area contributed by atoms with Crippen LogP contribution in [0, 0.1) is 17.3 Å². The minimum absolute atomic E-state index is 0.0486. The van der Waals surface area contributed by atoms with Crippen molar-refractivity contribution >= 4 is 11.6 Å². The van der Waals surface area contributed by atoms with E-state index in [1.165, 1.54) is 37.7 Å². The van der Waals surface area contributed by atoms with E-state index < -0.39 is 0 Å². The van der Waals surface area contributed by atoms with Crippen LogP contribution >= 0.6 is 0 Å². The fourth-order valence-electron chi connectivity index (χ4n) is 6.95. The molecule has 1 saturated heterocycles. The van der Waals surface area contributed by atoms with Gasteiger partial charge in [0.15, 0.2) is 0 Å². The molecule has 0 bridgehead atoms. The van der Waals surface area contributed by atoms with Crippen molar-refractivity contribution in [3.63, 3.8) is 0 Å². The number of hydrogen-bond donors (Lipinski definition) is 0. The Labute approximate surface area is 247 Å². The van der Waals surface area contributed by atoms with Gasteiger partial charge in [-0.25, -0.2) is 4.98 Å². The summed E-state index contributed by atoms with van der Waals surface area (Å²) < 4.78 is 11.8. The number of pyridine rings is 1. The molecule has 0 N–H and O–H groups in total. The van der Waals surface area contributed by atoms with Crippen molar-refractivity contribution in [2.45, 2.75) is 97.4 Å². The molecule has 0 spiro atoms. The zero-order valence-electron chi connectivity index (χ0n) is 26.0. The molecule has 1 aromatic carbocycles. The highest BCUT2D eigenvalue weighted by atomic mass is 16.5. The molecular weight excluding hydrogens is 510 g/mol. The standard InChI is InChI=1S/C35H51N3O3/c1-6-30(26-11-12-26)27-15-18-36-33(21-27)41-23-25-16-19-37(20-17-25)32-22-29(40-5)13-14-31(32)34(39)38(24-35(2,3)4)28-9-7-8-10-28/h13-15,18,21-22,25-26,28,30H,6-12,16-17,19-20,23-24H2,1-5H3. The zero-order valence-corrected chi connectivity index (χ0v) is 26.0. The maximum Gasteiger partial charge on any atom is 0.256 e. The van der Waals surface area contributed by atoms with Crippen LogP contribution in [-0.2, 0) is 0 Å². The largest absolute Gasteiger partial charge is 0.497 e. The minimum Gasteiger partial charge on any atom is -0.497 e. The van der Waals surface area contributed by atoms with E-state index in [9.17, 15) is 4.79 Å². The summed E-state index contributed by atoms with van der Waals surface area (Å²) >= 11 is 0. The number of amides is 1. The number of ether oxygens (including phenoxy) is 2. The van der Waals surface area contributed by atoms with Crippen LogP contribution < -0.4 is 14.4 Å². The molecule has 2 aromatic rings. The van der Waals surface area contributed by atoms with Gasteiger partial charge >= 0.3 is 0 Å². The molecule has 3 fully saturated rings. The van der Waals surface area contributed by atoms with E-state index in [-0.39, 0.29) is 11.3 Å². The van der Waals surface area contributed by atoms with Gasteiger partial charge in [0.05, 0.1) is 25.0 Å². The fraction of sp³-hybridized carbons (Fsp3) is 0.657. The van der Waals surface area contributed by atoms with Crippen molar-refractivity contribution < 1.29 is 14.3 Å². The molecular formula is C35H51N3O3. The van der Waals surface area contributed by atoms with Gasteiger partial charge in [-0.1, -0.05) is 40.5 Å². The maximum absolute atomic E-state index is 14.2. The van der Waals surface area contributed by atoms with E-state index in [0.29, 0.717) is 24.5 Å². The van der Waals surface area contributed by atoms with Gasteiger partial charge in [-0.15, -0.1) is 0 Å². The Hall–Kier alpha value is -2.76. The lowest BCUT2D eigenvalue weighted by Crippen LogP contribution is -2.44. The first-order valence-corrected chi connectivity index (χ1v) is 16.1. The molecule has 224 valence electrons. The Morgan fingerprint density at radius 1 is 1.05 bits per heavy atom. The number of anilines is 1. The number of carbonyl (C=O) groups is 1. The van der Waals surface area contributed by atoms with Crippen LogP contribution in [-0.4, -0.2) is 55.2 Å². The summed E-state index contributed by atoms with van der Waals surface area (Å²) in [6.45, 7) is 12.2. The molecule has 41 heavy (non-hydrogen) atoms. The summed E-state index contributed by atoms with van der Waals surface area (Å²) in [4.78, 5) is 23.2. The number of hydrogen-bond acceptors (Lipinski definition) is 5. The Bertz CT molecular complexity index is 1160. The smallest absolute Gasteiger partial charge is 0.256 e. The van der Waals surface area contributed by atoms with E-state index in [4.69, 9.17) is 9.47 Å². The number of methoxy groups -OCH3 is 1. The minimum atomic E-state index is 0.0486. The van der Waals surface area contributed by atoms with Gasteiger partial charge in [-0.2, -0.15) is 0 Å². The third-order valence-electron chi connectivity index (χ3n) is 9.35. The first-order chi connectivity index (χ1) is 19.8. The molecule has 1 amide bonds. The van der Waals surface area contributed by atoms with Crippen molar-refractivity contribution in [3.05, 3.63) is 47.7 Å². The Balaban J connectivity index is 1.25. The third kappa shape index (κ3) is 7.55. The zero-order chi connectivity index (χ0) is 29.0. The normalized spacial score (nSPS) is 19.3. The fourth-order valence-corrected chi connectivity index (χ4v) is 6.95. The number of piperidine rings is 1. The van der Waals surface area contributed by atoms with Gasteiger partial charge in [-0.05, 0) is 91.9 Å². The second kappa shape index (κ2) is 13.0. The topological polar surface area (TPSA) is 54.9 Å². The lowest BCUT2D eigenvalue weighted by Gasteiger charge is -2.38. The van der Waals surface area contributed by atoms with Crippen LogP contribution in [0.4, 0.5) is 5.69 Å². The lowest BCUT2D eigenvalue weighted by atomic mass is 9.92. The summed E-state index contributed by atoms with van der Waals surface area (Å²) in [5.41, 5.74) is 3.24. The van der Waals surface area contributed by atoms with E-state index in [2.05, 4.69) is 60.7 Å². The molecule has 5 rings (SSSR count). The highest BCUT2D eigenvalue weighted by Gasteiger charge is 2.34. The molecule has 6 nitrogen and oxygen atoms in total. The van der Waals surface area contributed by atoms with E-state index in [1.54, 1.807) is 7.11 Å². The predicted octanol–water partition coefficient (Wildman–Crippen LogP) is 7.72. The second-order valence-electron chi connectivity index (χ2n) is 13.8. The molecule has 6 heteroatoms. The highest BCUT2D eigenvalue weighted by Crippen LogP contribution is 2.44. The molecule has 2 aliphatic carbocycles. The Morgan fingerprint density at radius 3 is 2.41 bits per heavy atom. The van der Waals surface area contributed by atoms with Crippen LogP contribution in [0.5, 0.6) is 11.6 Å². The van der Waals surface area contributed by atoms with Crippen LogP contribution in [0.3, 0.4) is 0 Å². The molecule has 0 radical (unpaired) electrons. The third-order valence-corrected chi connectivity index (χ3v) is 9.35. The first-order valence-electron chi connectivity index (χ1n) is 16.1. The maximum atomic E-state index is 14.2. The molecule has 3 aliphatic rings. The SMILES string of the molecule is CCC(c1ccnc(OCC2CCN(c3cc(OC)ccc3C(=O)N(CC(C)(C)C)C3CCCC3)CC2)c1)C1CC1. The van der Waals surface area contributed by atoms with Crippen LogP contribution in [0.15, 0.2) is 36.5 Å². The predicted molar refractivity (Wildman–Crippen MR) is 166 cm³/mol. The molecule has 2 heterocycles. The van der Waals surface area contributed by atoms with Crippen LogP contribution in [0.25, 0.3) is 0 Å². The second-order valence-corrected chi connectivity index (χ2v) is 13.8. The van der Waals surface area contributed by atoms with Gasteiger partial charge in [0.1, 0.15) is 5.75 Å². The monoisotopic (exact) mass is 561 g/mol. The first kappa shape index (κ1) is 29.7. The summed E-state index contributed by atoms with van der Waals surface area (Å²) in [5.74, 6) is 3.67.